The van der Waals surface area contributed by atoms with E-state index < -0.39 is 11.9 Å². The summed E-state index contributed by atoms with van der Waals surface area (Å²) in [6.45, 7) is 3.22. The Labute approximate surface area is 121 Å². The smallest absolute Gasteiger partial charge is 0.335 e. The Balaban J connectivity index is 0.000000219. The molecule has 0 aromatic heterocycles. The molecule has 0 aliphatic carbocycles. The zero-order valence-corrected chi connectivity index (χ0v) is 11.3. The molecule has 1 aromatic rings. The molecular weight excluding hydrogens is 278 g/mol. The van der Waals surface area contributed by atoms with Crippen molar-refractivity contribution in [1.29, 1.82) is 0 Å². The largest absolute Gasteiger partial charge is 0.478 e. The molecule has 1 aliphatic rings. The van der Waals surface area contributed by atoms with E-state index in [1.807, 2.05) is 0 Å². The van der Waals surface area contributed by atoms with Gasteiger partial charge >= 0.3 is 18.0 Å². The molecule has 1 aromatic carbocycles. The second-order valence-electron chi connectivity index (χ2n) is 4.27. The molecule has 1 aliphatic heterocycles. The van der Waals surface area contributed by atoms with Crippen molar-refractivity contribution in [3.05, 3.63) is 35.4 Å². The summed E-state index contributed by atoms with van der Waals surface area (Å²) < 4.78 is 0. The molecule has 8 heteroatoms. The van der Waals surface area contributed by atoms with E-state index in [4.69, 9.17) is 15.9 Å². The predicted molar refractivity (Wildman–Crippen MR) is 74.4 cm³/mol. The minimum absolute atomic E-state index is 0.0186. The molecule has 114 valence electrons. The van der Waals surface area contributed by atoms with Gasteiger partial charge < -0.3 is 26.2 Å². The van der Waals surface area contributed by atoms with E-state index in [2.05, 4.69) is 5.32 Å². The average Bonchev–Trinajstić information content (AvgIpc) is 2.49. The van der Waals surface area contributed by atoms with Crippen LogP contribution in [0.4, 0.5) is 4.79 Å². The van der Waals surface area contributed by atoms with Gasteiger partial charge in [0.15, 0.2) is 0 Å². The Kier molecular flexibility index (Phi) is 6.15. The number of hydrogen-bond donors (Lipinski definition) is 4. The molecular formula is C13H17N3O5. The summed E-state index contributed by atoms with van der Waals surface area (Å²) in [4.78, 5) is 32.9. The summed E-state index contributed by atoms with van der Waals surface area (Å²) in [6.07, 6.45) is 0. The highest BCUT2D eigenvalue weighted by Gasteiger charge is 2.11. The van der Waals surface area contributed by atoms with Crippen molar-refractivity contribution >= 4 is 18.0 Å². The first-order valence-electron chi connectivity index (χ1n) is 6.23. The van der Waals surface area contributed by atoms with Gasteiger partial charge in [-0.15, -0.1) is 0 Å². The van der Waals surface area contributed by atoms with Crippen LogP contribution in [0.15, 0.2) is 24.3 Å². The van der Waals surface area contributed by atoms with E-state index in [1.54, 1.807) is 4.90 Å². The van der Waals surface area contributed by atoms with Crippen LogP contribution in [-0.4, -0.2) is 59.3 Å². The minimum Gasteiger partial charge on any atom is -0.478 e. The van der Waals surface area contributed by atoms with Crippen molar-refractivity contribution in [2.75, 3.05) is 26.2 Å². The van der Waals surface area contributed by atoms with Gasteiger partial charge in [-0.2, -0.15) is 0 Å². The maximum Gasteiger partial charge on any atom is 0.335 e. The van der Waals surface area contributed by atoms with Crippen LogP contribution in [-0.2, 0) is 0 Å². The van der Waals surface area contributed by atoms with Crippen LogP contribution in [0.3, 0.4) is 0 Å². The summed E-state index contributed by atoms with van der Waals surface area (Å²) in [5, 5.41) is 20.1. The number of urea groups is 1. The van der Waals surface area contributed by atoms with Crippen molar-refractivity contribution < 1.29 is 24.6 Å². The van der Waals surface area contributed by atoms with E-state index in [1.165, 1.54) is 18.2 Å². The Morgan fingerprint density at radius 3 is 1.86 bits per heavy atom. The zero-order chi connectivity index (χ0) is 15.8. The lowest BCUT2D eigenvalue weighted by atomic mass is 10.1. The number of carbonyl (C=O) groups is 3. The van der Waals surface area contributed by atoms with Gasteiger partial charge in [-0.1, -0.05) is 6.07 Å². The molecule has 0 bridgehead atoms. The number of carbonyl (C=O) groups excluding carboxylic acids is 1. The zero-order valence-electron chi connectivity index (χ0n) is 11.3. The maximum absolute atomic E-state index is 10.5. The van der Waals surface area contributed by atoms with Crippen LogP contribution in [0, 0.1) is 0 Å². The fourth-order valence-corrected chi connectivity index (χ4v) is 1.67. The second-order valence-corrected chi connectivity index (χ2v) is 4.27. The fourth-order valence-electron chi connectivity index (χ4n) is 1.67. The number of nitrogens with one attached hydrogen (secondary N) is 1. The van der Waals surface area contributed by atoms with Crippen LogP contribution in [0.1, 0.15) is 20.7 Å². The van der Waals surface area contributed by atoms with Crippen LogP contribution in [0.5, 0.6) is 0 Å². The van der Waals surface area contributed by atoms with Gasteiger partial charge in [-0.3, -0.25) is 0 Å². The molecule has 2 rings (SSSR count). The molecule has 0 atom stereocenters. The molecule has 1 heterocycles. The summed E-state index contributed by atoms with van der Waals surface area (Å²) in [6, 6.07) is 4.89. The molecule has 1 saturated heterocycles. The van der Waals surface area contributed by atoms with E-state index >= 15 is 0 Å². The van der Waals surface area contributed by atoms with Gasteiger partial charge in [-0.25, -0.2) is 14.4 Å². The van der Waals surface area contributed by atoms with Crippen molar-refractivity contribution in [2.45, 2.75) is 0 Å². The number of hydrogen-bond acceptors (Lipinski definition) is 4. The lowest BCUT2D eigenvalue weighted by Crippen LogP contribution is -2.48. The quantitative estimate of drug-likeness (QED) is 0.609. The molecule has 1 fully saturated rings. The number of amides is 2. The van der Waals surface area contributed by atoms with Gasteiger partial charge in [-0.05, 0) is 18.2 Å². The lowest BCUT2D eigenvalue weighted by Gasteiger charge is -2.25. The molecule has 0 spiro atoms. The monoisotopic (exact) mass is 295 g/mol. The molecule has 0 unspecified atom stereocenters. The summed E-state index contributed by atoms with van der Waals surface area (Å²) >= 11 is 0. The van der Waals surface area contributed by atoms with E-state index in [-0.39, 0.29) is 17.2 Å². The van der Waals surface area contributed by atoms with Crippen molar-refractivity contribution in [2.24, 2.45) is 5.73 Å². The Hall–Kier alpha value is -2.61. The molecule has 2 amide bonds. The van der Waals surface area contributed by atoms with Gasteiger partial charge in [0.05, 0.1) is 11.1 Å². The molecule has 0 radical (unpaired) electrons. The highest BCUT2D eigenvalue weighted by atomic mass is 16.4. The van der Waals surface area contributed by atoms with Gasteiger partial charge in [0.25, 0.3) is 0 Å². The Morgan fingerprint density at radius 2 is 1.52 bits per heavy atom. The van der Waals surface area contributed by atoms with E-state index in [0.717, 1.165) is 32.2 Å². The Morgan fingerprint density at radius 1 is 1.05 bits per heavy atom. The highest BCUT2D eigenvalue weighted by molar-refractivity contribution is 5.93. The van der Waals surface area contributed by atoms with Crippen molar-refractivity contribution in [1.82, 2.24) is 10.2 Å². The van der Waals surface area contributed by atoms with Crippen LogP contribution < -0.4 is 11.1 Å². The molecule has 0 saturated carbocycles. The number of carboxylic acid groups (broad SMARTS) is 2. The third-order valence-electron chi connectivity index (χ3n) is 2.79. The Bertz CT molecular complexity index is 497. The first-order chi connectivity index (χ1) is 9.91. The number of rotatable bonds is 2. The molecule has 8 nitrogen and oxygen atoms in total. The number of benzene rings is 1. The fraction of sp³-hybridized carbons (Fsp3) is 0.308. The third kappa shape index (κ3) is 5.49. The number of nitrogens with two attached hydrogens (primary N) is 1. The summed E-state index contributed by atoms with van der Waals surface area (Å²) in [5.74, 6) is -2.25. The molecule has 5 N–H and O–H groups in total. The molecule has 21 heavy (non-hydrogen) atoms. The minimum atomic E-state index is -1.13. The standard InChI is InChI=1S/C8H6O4.C5H11N3O/c9-7(10)5-2-1-3-6(4-5)8(11)12;6-5(9)8-3-1-7-2-4-8/h1-4H,(H,9,10)(H,11,12);7H,1-4H2,(H2,6,9). The van der Waals surface area contributed by atoms with E-state index in [0.29, 0.717) is 0 Å². The van der Waals surface area contributed by atoms with Crippen molar-refractivity contribution in [3.63, 3.8) is 0 Å². The van der Waals surface area contributed by atoms with Crippen LogP contribution in [0.2, 0.25) is 0 Å². The first kappa shape index (κ1) is 16.4. The van der Waals surface area contributed by atoms with Crippen LogP contribution >= 0.6 is 0 Å². The topological polar surface area (TPSA) is 133 Å². The number of primary amides is 1. The summed E-state index contributed by atoms with van der Waals surface area (Å²) in [7, 11) is 0. The van der Waals surface area contributed by atoms with Crippen molar-refractivity contribution in [3.8, 4) is 0 Å². The number of carboxylic acids is 2. The van der Waals surface area contributed by atoms with E-state index in [9.17, 15) is 14.4 Å². The van der Waals surface area contributed by atoms with Crippen LogP contribution in [0.25, 0.3) is 0 Å². The SMILES string of the molecule is NC(=O)N1CCNCC1.O=C(O)c1cccc(C(=O)O)c1. The lowest BCUT2D eigenvalue weighted by molar-refractivity contribution is 0.0696. The number of nitrogens with zero attached hydrogens (tertiary/aromatic N) is 1. The van der Waals surface area contributed by atoms with Gasteiger partial charge in [0.1, 0.15) is 0 Å². The van der Waals surface area contributed by atoms with Gasteiger partial charge in [0, 0.05) is 26.2 Å². The normalized spacial score (nSPS) is 13.8. The number of piperazine rings is 1. The number of aromatic carboxylic acids is 2. The third-order valence-corrected chi connectivity index (χ3v) is 2.79. The summed E-state index contributed by atoms with van der Waals surface area (Å²) in [5.41, 5.74) is 4.99. The maximum atomic E-state index is 10.5. The second kappa shape index (κ2) is 7.85. The predicted octanol–water partition coefficient (Wildman–Crippen LogP) is 0.0533. The average molecular weight is 295 g/mol. The first-order valence-corrected chi connectivity index (χ1v) is 6.23. The highest BCUT2D eigenvalue weighted by Crippen LogP contribution is 2.04. The van der Waals surface area contributed by atoms with Gasteiger partial charge in [0.2, 0.25) is 0 Å².